The van der Waals surface area contributed by atoms with Gasteiger partial charge in [-0.3, -0.25) is 9.69 Å². The first-order chi connectivity index (χ1) is 14.6. The van der Waals surface area contributed by atoms with Crippen LogP contribution in [0.25, 0.3) is 0 Å². The lowest BCUT2D eigenvalue weighted by Gasteiger charge is -2.35. The molecule has 0 aliphatic carbocycles. The van der Waals surface area contributed by atoms with E-state index in [-0.39, 0.29) is 12.5 Å². The van der Waals surface area contributed by atoms with Gasteiger partial charge < -0.3 is 20.1 Å². The zero-order valence-corrected chi connectivity index (χ0v) is 19.3. The number of piperidine rings is 1. The van der Waals surface area contributed by atoms with Crippen LogP contribution in [0.2, 0.25) is 0 Å². The average Bonchev–Trinajstić information content (AvgIpc) is 3.14. The van der Waals surface area contributed by atoms with Gasteiger partial charge >= 0.3 is 6.09 Å². The summed E-state index contributed by atoms with van der Waals surface area (Å²) in [5, 5.41) is 12.3. The summed E-state index contributed by atoms with van der Waals surface area (Å²) in [6, 6.07) is 8.25. The Labute approximate surface area is 185 Å². The standard InChI is InChI=1S/C24H37N3O4/c1-23(2,3)31-22(30)27-13-5-12-24(27,4)21(29)25-16-18-6-8-20(9-7-18)26-14-10-19(17-28)11-15-26/h6-9,19,28H,5,10-17H2,1-4H3,(H,25,29). The van der Waals surface area contributed by atoms with Crippen LogP contribution in [0.15, 0.2) is 24.3 Å². The maximum Gasteiger partial charge on any atom is 0.411 e. The summed E-state index contributed by atoms with van der Waals surface area (Å²) in [7, 11) is 0. The van der Waals surface area contributed by atoms with Crippen LogP contribution in [0, 0.1) is 5.92 Å². The second kappa shape index (κ2) is 9.47. The van der Waals surface area contributed by atoms with E-state index in [2.05, 4.69) is 22.3 Å². The number of aliphatic hydroxyl groups excluding tert-OH is 1. The Hall–Kier alpha value is -2.28. The fraction of sp³-hybridized carbons (Fsp3) is 0.667. The number of carbonyl (C=O) groups is 2. The minimum Gasteiger partial charge on any atom is -0.444 e. The summed E-state index contributed by atoms with van der Waals surface area (Å²) < 4.78 is 5.50. The fourth-order valence-electron chi connectivity index (χ4n) is 4.38. The number of nitrogens with zero attached hydrogens (tertiary/aromatic N) is 2. The van der Waals surface area contributed by atoms with Crippen molar-refractivity contribution < 1.29 is 19.4 Å². The number of likely N-dealkylation sites (tertiary alicyclic amines) is 1. The number of carbonyl (C=O) groups excluding carboxylic acids is 2. The monoisotopic (exact) mass is 431 g/mol. The summed E-state index contributed by atoms with van der Waals surface area (Å²) >= 11 is 0. The van der Waals surface area contributed by atoms with E-state index < -0.39 is 17.2 Å². The van der Waals surface area contributed by atoms with Crippen LogP contribution in [0.1, 0.15) is 58.9 Å². The van der Waals surface area contributed by atoms with Crippen LogP contribution in [-0.2, 0) is 16.1 Å². The van der Waals surface area contributed by atoms with Crippen molar-refractivity contribution in [2.75, 3.05) is 31.1 Å². The van der Waals surface area contributed by atoms with Crippen molar-refractivity contribution >= 4 is 17.7 Å². The number of aliphatic hydroxyl groups is 1. The Bertz CT molecular complexity index is 766. The number of benzene rings is 1. The topological polar surface area (TPSA) is 82.1 Å². The average molecular weight is 432 g/mol. The van der Waals surface area contributed by atoms with Crippen LogP contribution in [0.3, 0.4) is 0 Å². The summed E-state index contributed by atoms with van der Waals surface area (Å²) in [4.78, 5) is 29.5. The van der Waals surface area contributed by atoms with Crippen LogP contribution in [0.5, 0.6) is 0 Å². The van der Waals surface area contributed by atoms with E-state index in [1.54, 1.807) is 4.90 Å². The van der Waals surface area contributed by atoms with Gasteiger partial charge in [0, 0.05) is 38.5 Å². The SMILES string of the molecule is CC(C)(C)OC(=O)N1CCCC1(C)C(=O)NCc1ccc(N2CCC(CO)CC2)cc1. The molecule has 172 valence electrons. The van der Waals surface area contributed by atoms with E-state index in [1.807, 2.05) is 39.8 Å². The molecule has 2 N–H and O–H groups in total. The van der Waals surface area contributed by atoms with Crippen molar-refractivity contribution in [3.05, 3.63) is 29.8 Å². The minimum atomic E-state index is -0.890. The van der Waals surface area contributed by atoms with E-state index in [9.17, 15) is 14.7 Å². The van der Waals surface area contributed by atoms with E-state index in [0.29, 0.717) is 25.4 Å². The zero-order valence-electron chi connectivity index (χ0n) is 19.3. The first-order valence-corrected chi connectivity index (χ1v) is 11.4. The summed E-state index contributed by atoms with van der Waals surface area (Å²) in [6.45, 7) is 10.4. The molecule has 31 heavy (non-hydrogen) atoms. The second-order valence-corrected chi connectivity index (χ2v) is 9.97. The molecule has 7 heteroatoms. The van der Waals surface area contributed by atoms with Crippen molar-refractivity contribution in [2.24, 2.45) is 5.92 Å². The highest BCUT2D eigenvalue weighted by molar-refractivity contribution is 5.90. The van der Waals surface area contributed by atoms with Crippen LogP contribution in [-0.4, -0.2) is 59.4 Å². The number of anilines is 1. The van der Waals surface area contributed by atoms with Gasteiger partial charge in [0.05, 0.1) is 0 Å². The molecule has 2 fully saturated rings. The molecule has 2 amide bonds. The van der Waals surface area contributed by atoms with Crippen molar-refractivity contribution in [1.29, 1.82) is 0 Å². The third kappa shape index (κ3) is 5.70. The summed E-state index contributed by atoms with van der Waals surface area (Å²) in [6.07, 6.45) is 3.00. The number of amides is 2. The third-order valence-electron chi connectivity index (χ3n) is 6.37. The van der Waals surface area contributed by atoms with Crippen molar-refractivity contribution in [1.82, 2.24) is 10.2 Å². The first kappa shape index (κ1) is 23.4. The van der Waals surface area contributed by atoms with Gasteiger partial charge in [0.15, 0.2) is 0 Å². The van der Waals surface area contributed by atoms with Gasteiger partial charge in [-0.15, -0.1) is 0 Å². The zero-order chi connectivity index (χ0) is 22.6. The molecule has 1 atom stereocenters. The molecule has 7 nitrogen and oxygen atoms in total. The van der Waals surface area contributed by atoms with E-state index in [1.165, 1.54) is 5.69 Å². The molecule has 1 aromatic carbocycles. The second-order valence-electron chi connectivity index (χ2n) is 9.97. The highest BCUT2D eigenvalue weighted by atomic mass is 16.6. The van der Waals surface area contributed by atoms with E-state index >= 15 is 0 Å². The minimum absolute atomic E-state index is 0.147. The van der Waals surface area contributed by atoms with Gasteiger partial charge in [-0.1, -0.05) is 12.1 Å². The highest BCUT2D eigenvalue weighted by Gasteiger charge is 2.47. The molecular weight excluding hydrogens is 394 g/mol. The lowest BCUT2D eigenvalue weighted by molar-refractivity contribution is -0.131. The highest BCUT2D eigenvalue weighted by Crippen LogP contribution is 2.31. The largest absolute Gasteiger partial charge is 0.444 e. The number of hydrogen-bond acceptors (Lipinski definition) is 5. The van der Waals surface area contributed by atoms with Crippen LogP contribution >= 0.6 is 0 Å². The molecule has 2 heterocycles. The molecule has 0 spiro atoms. The Kier molecular flexibility index (Phi) is 7.14. The van der Waals surface area contributed by atoms with E-state index in [4.69, 9.17) is 4.74 Å². The molecule has 1 aromatic rings. The molecule has 2 aliphatic rings. The Balaban J connectivity index is 1.55. The summed E-state index contributed by atoms with van der Waals surface area (Å²) in [5.41, 5.74) is 0.712. The smallest absolute Gasteiger partial charge is 0.411 e. The van der Waals surface area contributed by atoms with Gasteiger partial charge in [-0.25, -0.2) is 4.79 Å². The Morgan fingerprint density at radius 3 is 2.39 bits per heavy atom. The van der Waals surface area contributed by atoms with Crippen molar-refractivity contribution in [3.63, 3.8) is 0 Å². The Morgan fingerprint density at radius 1 is 1.16 bits per heavy atom. The number of ether oxygens (including phenoxy) is 1. The molecule has 0 aromatic heterocycles. The molecule has 3 rings (SSSR count). The number of rotatable bonds is 5. The number of nitrogens with one attached hydrogen (secondary N) is 1. The van der Waals surface area contributed by atoms with Crippen molar-refractivity contribution in [3.8, 4) is 0 Å². The summed E-state index contributed by atoms with van der Waals surface area (Å²) in [5.74, 6) is 0.272. The van der Waals surface area contributed by atoms with Crippen LogP contribution in [0.4, 0.5) is 10.5 Å². The normalized spacial score (nSPS) is 22.5. The van der Waals surface area contributed by atoms with Gasteiger partial charge in [0.25, 0.3) is 0 Å². The van der Waals surface area contributed by atoms with Gasteiger partial charge in [0.2, 0.25) is 5.91 Å². The van der Waals surface area contributed by atoms with Gasteiger partial charge in [0.1, 0.15) is 11.1 Å². The third-order valence-corrected chi connectivity index (χ3v) is 6.37. The maximum absolute atomic E-state index is 13.0. The molecule has 2 aliphatic heterocycles. The Morgan fingerprint density at radius 2 is 1.81 bits per heavy atom. The quantitative estimate of drug-likeness (QED) is 0.748. The van der Waals surface area contributed by atoms with E-state index in [0.717, 1.165) is 37.9 Å². The molecule has 0 radical (unpaired) electrons. The fourth-order valence-corrected chi connectivity index (χ4v) is 4.38. The predicted molar refractivity (Wildman–Crippen MR) is 121 cm³/mol. The maximum atomic E-state index is 13.0. The predicted octanol–water partition coefficient (Wildman–Crippen LogP) is 3.30. The molecule has 0 bridgehead atoms. The molecule has 0 saturated carbocycles. The number of hydrogen-bond donors (Lipinski definition) is 2. The molecule has 1 unspecified atom stereocenters. The first-order valence-electron chi connectivity index (χ1n) is 11.4. The van der Waals surface area contributed by atoms with Crippen LogP contribution < -0.4 is 10.2 Å². The van der Waals surface area contributed by atoms with Gasteiger partial charge in [-0.05, 0) is 77.0 Å². The lowest BCUT2D eigenvalue weighted by atomic mass is 9.97. The van der Waals surface area contributed by atoms with Gasteiger partial charge in [-0.2, -0.15) is 0 Å². The molecule has 2 saturated heterocycles. The lowest BCUT2D eigenvalue weighted by Crippen LogP contribution is -2.56. The van der Waals surface area contributed by atoms with Crippen molar-refractivity contribution in [2.45, 2.75) is 71.1 Å². The molecular formula is C24H37N3O4.